The van der Waals surface area contributed by atoms with Crippen LogP contribution in [0.15, 0.2) is 36.5 Å². The maximum Gasteiger partial charge on any atom is 0.335 e. The number of rotatable bonds is 6. The number of carbonyl (C=O) groups is 1. The minimum atomic E-state index is -0.952. The summed E-state index contributed by atoms with van der Waals surface area (Å²) in [7, 11) is 0. The lowest BCUT2D eigenvalue weighted by molar-refractivity contribution is 0.0696. The molecule has 0 atom stereocenters. The van der Waals surface area contributed by atoms with Gasteiger partial charge in [-0.1, -0.05) is 12.1 Å². The zero-order chi connectivity index (χ0) is 17.6. The molecule has 2 aromatic rings. The van der Waals surface area contributed by atoms with Crippen LogP contribution in [0, 0.1) is 5.82 Å². The average molecular weight is 345 g/mol. The molecule has 0 aliphatic carbocycles. The fourth-order valence-corrected chi connectivity index (χ4v) is 2.74. The normalized spacial score (nSPS) is 14.5. The van der Waals surface area contributed by atoms with Gasteiger partial charge in [0.15, 0.2) is 11.6 Å². The first-order valence-electron chi connectivity index (χ1n) is 8.13. The molecule has 2 N–H and O–H groups in total. The average Bonchev–Trinajstić information content (AvgIpc) is 2.63. The number of ether oxygens (including phenoxy) is 1. The zero-order valence-electron chi connectivity index (χ0n) is 13.7. The van der Waals surface area contributed by atoms with Crippen molar-refractivity contribution in [1.82, 2.24) is 10.3 Å². The Morgan fingerprint density at radius 1 is 1.24 bits per heavy atom. The second-order valence-corrected chi connectivity index (χ2v) is 5.86. The maximum atomic E-state index is 14.3. The lowest BCUT2D eigenvalue weighted by atomic mass is 10.1. The van der Waals surface area contributed by atoms with Gasteiger partial charge in [-0.3, -0.25) is 0 Å². The molecular weight excluding hydrogens is 325 g/mol. The second kappa shape index (κ2) is 8.04. The van der Waals surface area contributed by atoms with Crippen molar-refractivity contribution in [3.8, 4) is 0 Å². The Hall–Kier alpha value is -2.51. The van der Waals surface area contributed by atoms with Gasteiger partial charge in [-0.2, -0.15) is 0 Å². The van der Waals surface area contributed by atoms with Gasteiger partial charge in [0.25, 0.3) is 0 Å². The Kier molecular flexibility index (Phi) is 5.57. The lowest BCUT2D eigenvalue weighted by Gasteiger charge is -2.28. The summed E-state index contributed by atoms with van der Waals surface area (Å²) >= 11 is 0. The summed E-state index contributed by atoms with van der Waals surface area (Å²) in [5.74, 6) is -0.929. The van der Waals surface area contributed by atoms with Gasteiger partial charge in [0.1, 0.15) is 0 Å². The third kappa shape index (κ3) is 4.52. The first kappa shape index (κ1) is 17.3. The predicted octanol–water partition coefficient (Wildman–Crippen LogP) is 2.05. The lowest BCUT2D eigenvalue weighted by Crippen LogP contribution is -2.37. The number of carboxylic acid groups (broad SMARTS) is 1. The van der Waals surface area contributed by atoms with Crippen LogP contribution in [0.5, 0.6) is 0 Å². The van der Waals surface area contributed by atoms with Crippen LogP contribution in [0.1, 0.15) is 21.5 Å². The van der Waals surface area contributed by atoms with Gasteiger partial charge >= 0.3 is 5.97 Å². The molecule has 1 aliphatic heterocycles. The third-order valence-corrected chi connectivity index (χ3v) is 4.02. The molecule has 3 rings (SSSR count). The van der Waals surface area contributed by atoms with Crippen LogP contribution in [-0.2, 0) is 17.8 Å². The van der Waals surface area contributed by atoms with Crippen LogP contribution in [0.2, 0.25) is 0 Å². The van der Waals surface area contributed by atoms with E-state index in [0.717, 1.165) is 11.1 Å². The van der Waals surface area contributed by atoms with E-state index in [-0.39, 0.29) is 11.4 Å². The highest BCUT2D eigenvalue weighted by Gasteiger charge is 2.16. The van der Waals surface area contributed by atoms with Crippen molar-refractivity contribution >= 4 is 11.8 Å². The van der Waals surface area contributed by atoms with Crippen molar-refractivity contribution in [3.05, 3.63) is 59.0 Å². The largest absolute Gasteiger partial charge is 0.478 e. The molecule has 1 aliphatic rings. The monoisotopic (exact) mass is 345 g/mol. The molecule has 1 aromatic carbocycles. The highest BCUT2D eigenvalue weighted by atomic mass is 19.1. The number of anilines is 1. The summed E-state index contributed by atoms with van der Waals surface area (Å²) in [4.78, 5) is 17.1. The maximum absolute atomic E-state index is 14.3. The van der Waals surface area contributed by atoms with Gasteiger partial charge < -0.3 is 20.1 Å². The van der Waals surface area contributed by atoms with Crippen molar-refractivity contribution < 1.29 is 19.0 Å². The molecule has 0 saturated carbocycles. The summed E-state index contributed by atoms with van der Waals surface area (Å²) in [6.45, 7) is 3.39. The van der Waals surface area contributed by atoms with E-state index in [2.05, 4.69) is 10.3 Å². The van der Waals surface area contributed by atoms with Gasteiger partial charge in [-0.15, -0.1) is 0 Å². The topological polar surface area (TPSA) is 74.7 Å². The molecule has 0 radical (unpaired) electrons. The summed E-state index contributed by atoms with van der Waals surface area (Å²) in [6.07, 6.45) is 1.66. The summed E-state index contributed by atoms with van der Waals surface area (Å²) in [5, 5.41) is 12.2. The number of nitrogens with zero attached hydrogens (tertiary/aromatic N) is 2. The Balaban J connectivity index is 1.57. The molecule has 0 amide bonds. The van der Waals surface area contributed by atoms with E-state index in [1.807, 2.05) is 11.0 Å². The molecular formula is C18H20FN3O3. The molecule has 7 heteroatoms. The minimum absolute atomic E-state index is 0.252. The fraction of sp³-hybridized carbons (Fsp3) is 0.333. The molecule has 1 saturated heterocycles. The number of morpholine rings is 1. The number of nitrogens with one attached hydrogen (secondary N) is 1. The van der Waals surface area contributed by atoms with Crippen LogP contribution in [0.4, 0.5) is 10.2 Å². The standard InChI is InChI=1S/C18H20FN3O3/c19-16-9-14(12-21-17(16)22-4-6-25-7-5-22)11-20-10-13-2-1-3-15(8-13)18(23)24/h1-3,8-9,12,20H,4-7,10-11H2,(H,23,24). The van der Waals surface area contributed by atoms with E-state index in [4.69, 9.17) is 9.84 Å². The van der Waals surface area contributed by atoms with Gasteiger partial charge in [0.05, 0.1) is 18.8 Å². The highest BCUT2D eigenvalue weighted by molar-refractivity contribution is 5.87. The Bertz CT molecular complexity index is 748. The van der Waals surface area contributed by atoms with Gasteiger partial charge in [-0.25, -0.2) is 14.2 Å². The molecule has 0 unspecified atom stereocenters. The summed E-state index contributed by atoms with van der Waals surface area (Å²) < 4.78 is 19.6. The SMILES string of the molecule is O=C(O)c1cccc(CNCc2cnc(N3CCOCC3)c(F)c2)c1. The number of aromatic carboxylic acids is 1. The van der Waals surface area contributed by atoms with Crippen molar-refractivity contribution in [2.45, 2.75) is 13.1 Å². The molecule has 0 bridgehead atoms. The Morgan fingerprint density at radius 2 is 2.00 bits per heavy atom. The van der Waals surface area contributed by atoms with E-state index < -0.39 is 5.97 Å². The van der Waals surface area contributed by atoms with Crippen molar-refractivity contribution in [2.24, 2.45) is 0 Å². The van der Waals surface area contributed by atoms with E-state index in [1.54, 1.807) is 24.4 Å². The van der Waals surface area contributed by atoms with Gasteiger partial charge in [0.2, 0.25) is 0 Å². The van der Waals surface area contributed by atoms with Gasteiger partial charge in [-0.05, 0) is 29.3 Å². The van der Waals surface area contributed by atoms with Crippen molar-refractivity contribution in [3.63, 3.8) is 0 Å². The highest BCUT2D eigenvalue weighted by Crippen LogP contribution is 2.18. The number of halogens is 1. The van der Waals surface area contributed by atoms with Crippen molar-refractivity contribution in [2.75, 3.05) is 31.2 Å². The quantitative estimate of drug-likeness (QED) is 0.835. The number of hydrogen-bond acceptors (Lipinski definition) is 5. The number of pyridine rings is 1. The van der Waals surface area contributed by atoms with Crippen molar-refractivity contribution in [1.29, 1.82) is 0 Å². The van der Waals surface area contributed by atoms with Crippen LogP contribution >= 0.6 is 0 Å². The predicted molar refractivity (Wildman–Crippen MR) is 91.2 cm³/mol. The van der Waals surface area contributed by atoms with E-state index in [0.29, 0.717) is 45.2 Å². The number of benzene rings is 1. The molecule has 25 heavy (non-hydrogen) atoms. The fourth-order valence-electron chi connectivity index (χ4n) is 2.74. The van der Waals surface area contributed by atoms with Gasteiger partial charge in [0, 0.05) is 32.4 Å². The van der Waals surface area contributed by atoms with Crippen LogP contribution < -0.4 is 10.2 Å². The molecule has 0 spiro atoms. The minimum Gasteiger partial charge on any atom is -0.478 e. The van der Waals surface area contributed by atoms with Crippen LogP contribution in [-0.4, -0.2) is 42.4 Å². The third-order valence-electron chi connectivity index (χ3n) is 4.02. The first-order chi connectivity index (χ1) is 12.1. The van der Waals surface area contributed by atoms with Crippen LogP contribution in [0.25, 0.3) is 0 Å². The second-order valence-electron chi connectivity index (χ2n) is 5.86. The molecule has 2 heterocycles. The smallest absolute Gasteiger partial charge is 0.335 e. The van der Waals surface area contributed by atoms with Crippen LogP contribution in [0.3, 0.4) is 0 Å². The first-order valence-corrected chi connectivity index (χ1v) is 8.13. The summed E-state index contributed by atoms with van der Waals surface area (Å²) in [6, 6.07) is 8.21. The zero-order valence-corrected chi connectivity index (χ0v) is 13.7. The Morgan fingerprint density at radius 3 is 2.72 bits per heavy atom. The van der Waals surface area contributed by atoms with E-state index >= 15 is 0 Å². The summed E-state index contributed by atoms with van der Waals surface area (Å²) in [5.41, 5.74) is 1.85. The van der Waals surface area contributed by atoms with E-state index in [1.165, 1.54) is 6.07 Å². The molecule has 1 fully saturated rings. The molecule has 132 valence electrons. The Labute approximate surface area is 145 Å². The number of aromatic nitrogens is 1. The number of carboxylic acids is 1. The molecule has 6 nitrogen and oxygen atoms in total. The number of hydrogen-bond donors (Lipinski definition) is 2. The van der Waals surface area contributed by atoms with E-state index in [9.17, 15) is 9.18 Å². The molecule has 1 aromatic heterocycles.